The van der Waals surface area contributed by atoms with E-state index in [0.29, 0.717) is 25.9 Å². The SMILES string of the molecule is O=C(C1CCN(S(=O)(=O)c2ccccc2F)CC1)N(CCc1ccccc1)Cc1ccccc1. The van der Waals surface area contributed by atoms with Gasteiger partial charge in [0.25, 0.3) is 0 Å². The van der Waals surface area contributed by atoms with Gasteiger partial charge >= 0.3 is 0 Å². The zero-order valence-corrected chi connectivity index (χ0v) is 19.8. The van der Waals surface area contributed by atoms with Gasteiger partial charge in [0, 0.05) is 32.1 Å². The van der Waals surface area contributed by atoms with E-state index < -0.39 is 15.8 Å². The average molecular weight is 481 g/mol. The van der Waals surface area contributed by atoms with E-state index in [4.69, 9.17) is 0 Å². The number of hydrogen-bond acceptors (Lipinski definition) is 3. The second-order valence-corrected chi connectivity index (χ2v) is 10.5. The van der Waals surface area contributed by atoms with Gasteiger partial charge in [0.15, 0.2) is 0 Å². The Bertz CT molecular complexity index is 1190. The van der Waals surface area contributed by atoms with Crippen molar-refractivity contribution in [1.82, 2.24) is 9.21 Å². The van der Waals surface area contributed by atoms with Crippen molar-refractivity contribution in [3.8, 4) is 0 Å². The minimum absolute atomic E-state index is 0.0442. The van der Waals surface area contributed by atoms with Crippen LogP contribution in [0.5, 0.6) is 0 Å². The predicted molar refractivity (Wildman–Crippen MR) is 130 cm³/mol. The summed E-state index contributed by atoms with van der Waals surface area (Å²) >= 11 is 0. The number of carbonyl (C=O) groups excluding carboxylic acids is 1. The van der Waals surface area contributed by atoms with Crippen molar-refractivity contribution < 1.29 is 17.6 Å². The fourth-order valence-electron chi connectivity index (χ4n) is 4.37. The highest BCUT2D eigenvalue weighted by molar-refractivity contribution is 7.89. The molecule has 0 bridgehead atoms. The van der Waals surface area contributed by atoms with Crippen LogP contribution < -0.4 is 0 Å². The Balaban J connectivity index is 1.44. The molecule has 1 fully saturated rings. The van der Waals surface area contributed by atoms with Crippen LogP contribution in [0.3, 0.4) is 0 Å². The summed E-state index contributed by atoms with van der Waals surface area (Å²) in [6.45, 7) is 1.50. The molecule has 1 aliphatic rings. The number of carbonyl (C=O) groups is 1. The number of amides is 1. The average Bonchev–Trinajstić information content (AvgIpc) is 2.87. The first kappa shape index (κ1) is 24.1. The summed E-state index contributed by atoms with van der Waals surface area (Å²) in [6.07, 6.45) is 1.59. The first-order valence-corrected chi connectivity index (χ1v) is 13.0. The summed E-state index contributed by atoms with van der Waals surface area (Å²) in [7, 11) is -3.92. The van der Waals surface area contributed by atoms with Gasteiger partial charge in [-0.25, -0.2) is 12.8 Å². The number of rotatable bonds is 8. The molecule has 0 spiro atoms. The van der Waals surface area contributed by atoms with E-state index in [0.717, 1.165) is 18.1 Å². The largest absolute Gasteiger partial charge is 0.338 e. The zero-order chi connectivity index (χ0) is 24.0. The summed E-state index contributed by atoms with van der Waals surface area (Å²) in [5, 5.41) is 0. The van der Waals surface area contributed by atoms with Crippen LogP contribution >= 0.6 is 0 Å². The Labute approximate surface area is 200 Å². The Hall–Kier alpha value is -3.03. The second kappa shape index (κ2) is 10.9. The molecular formula is C27H29FN2O3S. The summed E-state index contributed by atoms with van der Waals surface area (Å²) in [5.41, 5.74) is 2.22. The summed E-state index contributed by atoms with van der Waals surface area (Å²) in [4.78, 5) is 15.1. The molecule has 5 nitrogen and oxygen atoms in total. The van der Waals surface area contributed by atoms with E-state index in [1.54, 1.807) is 0 Å². The fraction of sp³-hybridized carbons (Fsp3) is 0.296. The molecule has 1 amide bonds. The zero-order valence-electron chi connectivity index (χ0n) is 19.0. The molecule has 0 radical (unpaired) electrons. The predicted octanol–water partition coefficient (Wildman–Crippen LogP) is 4.50. The normalized spacial score (nSPS) is 15.2. The van der Waals surface area contributed by atoms with Crippen molar-refractivity contribution in [1.29, 1.82) is 0 Å². The van der Waals surface area contributed by atoms with Crippen LogP contribution in [0.1, 0.15) is 24.0 Å². The van der Waals surface area contributed by atoms with Crippen LogP contribution in [0.15, 0.2) is 89.8 Å². The molecule has 34 heavy (non-hydrogen) atoms. The molecule has 1 heterocycles. The number of sulfonamides is 1. The van der Waals surface area contributed by atoms with Crippen molar-refractivity contribution in [2.45, 2.75) is 30.7 Å². The molecule has 3 aromatic carbocycles. The highest BCUT2D eigenvalue weighted by atomic mass is 32.2. The molecule has 1 aliphatic heterocycles. The monoisotopic (exact) mass is 480 g/mol. The van der Waals surface area contributed by atoms with E-state index in [1.165, 1.54) is 28.1 Å². The smallest absolute Gasteiger partial charge is 0.245 e. The van der Waals surface area contributed by atoms with Crippen LogP contribution in [0.25, 0.3) is 0 Å². The third kappa shape index (κ3) is 5.72. The summed E-state index contributed by atoms with van der Waals surface area (Å²) in [5.74, 6) is -0.968. The highest BCUT2D eigenvalue weighted by Gasteiger charge is 2.34. The molecule has 4 rings (SSSR count). The van der Waals surface area contributed by atoms with E-state index in [1.807, 2.05) is 53.4 Å². The number of hydrogen-bond donors (Lipinski definition) is 0. The third-order valence-electron chi connectivity index (χ3n) is 6.30. The molecule has 0 saturated carbocycles. The second-order valence-electron chi connectivity index (χ2n) is 8.59. The topological polar surface area (TPSA) is 57.7 Å². The number of nitrogens with zero attached hydrogens (tertiary/aromatic N) is 2. The maximum Gasteiger partial charge on any atom is 0.245 e. The fourth-order valence-corrected chi connectivity index (χ4v) is 5.91. The Morgan fingerprint density at radius 3 is 2.03 bits per heavy atom. The van der Waals surface area contributed by atoms with E-state index in [-0.39, 0.29) is 29.8 Å². The lowest BCUT2D eigenvalue weighted by Crippen LogP contribution is -2.44. The van der Waals surface area contributed by atoms with Crippen molar-refractivity contribution in [3.05, 3.63) is 102 Å². The molecule has 3 aromatic rings. The minimum Gasteiger partial charge on any atom is -0.338 e. The molecule has 0 N–H and O–H groups in total. The lowest BCUT2D eigenvalue weighted by Gasteiger charge is -2.34. The Kier molecular flexibility index (Phi) is 7.75. The maximum atomic E-state index is 14.1. The van der Waals surface area contributed by atoms with Crippen molar-refractivity contribution >= 4 is 15.9 Å². The van der Waals surface area contributed by atoms with Crippen LogP contribution in [0.2, 0.25) is 0 Å². The van der Waals surface area contributed by atoms with Gasteiger partial charge < -0.3 is 4.90 Å². The van der Waals surface area contributed by atoms with E-state index >= 15 is 0 Å². The number of halogens is 1. The van der Waals surface area contributed by atoms with Crippen molar-refractivity contribution in [2.24, 2.45) is 5.92 Å². The van der Waals surface area contributed by atoms with Gasteiger partial charge in [0.1, 0.15) is 10.7 Å². The van der Waals surface area contributed by atoms with Gasteiger partial charge in [-0.3, -0.25) is 4.79 Å². The molecular weight excluding hydrogens is 451 g/mol. The van der Waals surface area contributed by atoms with Gasteiger partial charge in [0.2, 0.25) is 15.9 Å². The van der Waals surface area contributed by atoms with Crippen LogP contribution in [0.4, 0.5) is 4.39 Å². The molecule has 0 aromatic heterocycles. The van der Waals surface area contributed by atoms with Crippen molar-refractivity contribution in [3.63, 3.8) is 0 Å². The molecule has 0 atom stereocenters. The van der Waals surface area contributed by atoms with Gasteiger partial charge in [-0.15, -0.1) is 0 Å². The summed E-state index contributed by atoms with van der Waals surface area (Å²) < 4.78 is 41.2. The Morgan fingerprint density at radius 2 is 1.41 bits per heavy atom. The van der Waals surface area contributed by atoms with Gasteiger partial charge in [-0.1, -0.05) is 72.8 Å². The van der Waals surface area contributed by atoms with E-state index in [9.17, 15) is 17.6 Å². The van der Waals surface area contributed by atoms with Gasteiger partial charge in [-0.2, -0.15) is 4.31 Å². The molecule has 0 aliphatic carbocycles. The lowest BCUT2D eigenvalue weighted by atomic mass is 9.96. The van der Waals surface area contributed by atoms with Gasteiger partial charge in [-0.05, 0) is 42.5 Å². The first-order chi connectivity index (χ1) is 16.4. The van der Waals surface area contributed by atoms with E-state index in [2.05, 4.69) is 12.1 Å². The first-order valence-electron chi connectivity index (χ1n) is 11.6. The minimum atomic E-state index is -3.92. The lowest BCUT2D eigenvalue weighted by molar-refractivity contribution is -0.137. The molecule has 7 heteroatoms. The maximum absolute atomic E-state index is 14.1. The van der Waals surface area contributed by atoms with Crippen LogP contribution in [0, 0.1) is 11.7 Å². The Morgan fingerprint density at radius 1 is 0.853 bits per heavy atom. The van der Waals surface area contributed by atoms with Crippen LogP contribution in [-0.2, 0) is 27.8 Å². The quantitative estimate of drug-likeness (QED) is 0.477. The number of piperidine rings is 1. The molecule has 178 valence electrons. The highest BCUT2D eigenvalue weighted by Crippen LogP contribution is 2.27. The number of benzene rings is 3. The molecule has 1 saturated heterocycles. The third-order valence-corrected chi connectivity index (χ3v) is 8.23. The molecule has 0 unspecified atom stereocenters. The van der Waals surface area contributed by atoms with Gasteiger partial charge in [0.05, 0.1) is 0 Å². The van der Waals surface area contributed by atoms with Crippen LogP contribution in [-0.4, -0.2) is 43.2 Å². The summed E-state index contributed by atoms with van der Waals surface area (Å²) in [6, 6.07) is 25.4. The van der Waals surface area contributed by atoms with Crippen molar-refractivity contribution in [2.75, 3.05) is 19.6 Å². The standard InChI is InChI=1S/C27H29FN2O3S/c28-25-13-7-8-14-26(25)34(32,33)30-19-16-24(17-20-30)27(31)29(21-23-11-5-2-6-12-23)18-15-22-9-3-1-4-10-22/h1-14,24H,15-21H2.